The number of nitrogens with one attached hydrogen (secondary N) is 1. The average molecular weight is 292 g/mol. The van der Waals surface area contributed by atoms with Gasteiger partial charge in [0.15, 0.2) is 0 Å². The first-order valence-electron chi connectivity index (χ1n) is 8.11. The number of furan rings is 1. The van der Waals surface area contributed by atoms with Gasteiger partial charge in [-0.3, -0.25) is 4.79 Å². The third-order valence-electron chi connectivity index (χ3n) is 3.48. The molecule has 4 heteroatoms. The number of rotatable bonds is 11. The fourth-order valence-electron chi connectivity index (χ4n) is 2.16. The lowest BCUT2D eigenvalue weighted by Gasteiger charge is -2.02. The Balaban J connectivity index is 2.03. The second-order valence-corrected chi connectivity index (χ2v) is 5.43. The molecule has 1 heterocycles. The number of hydrogen-bond acceptors (Lipinski definition) is 3. The average Bonchev–Trinajstić information content (AvgIpc) is 3.02. The molecule has 0 radical (unpaired) electrons. The van der Waals surface area contributed by atoms with Gasteiger partial charge in [0, 0.05) is 6.42 Å². The minimum absolute atomic E-state index is 0.0214. The van der Waals surface area contributed by atoms with Crippen LogP contribution in [0.25, 0.3) is 0 Å². The van der Waals surface area contributed by atoms with E-state index in [-0.39, 0.29) is 5.91 Å². The van der Waals surface area contributed by atoms with Gasteiger partial charge in [0.2, 0.25) is 5.91 Å². The zero-order chi connectivity index (χ0) is 15.3. The van der Waals surface area contributed by atoms with Gasteiger partial charge in [-0.25, -0.2) is 5.43 Å². The van der Waals surface area contributed by atoms with Crippen LogP contribution in [0.3, 0.4) is 0 Å². The molecule has 0 aliphatic heterocycles. The summed E-state index contributed by atoms with van der Waals surface area (Å²) in [6, 6.07) is 3.63. The van der Waals surface area contributed by atoms with E-state index >= 15 is 0 Å². The Hall–Kier alpha value is -1.58. The summed E-state index contributed by atoms with van der Waals surface area (Å²) in [7, 11) is 0. The first-order chi connectivity index (χ1) is 10.2. The fraction of sp³-hybridized carbons (Fsp3) is 0.647. The normalized spacial score (nSPS) is 11.6. The number of carbonyl (C=O) groups excluding carboxylic acids is 1. The van der Waals surface area contributed by atoms with E-state index in [2.05, 4.69) is 17.5 Å². The Morgan fingerprint density at radius 1 is 1.14 bits per heavy atom. The SMILES string of the molecule is CCCCCCCCCCC(=O)N/N=C(\C)c1ccco1. The number of unbranched alkanes of at least 4 members (excludes halogenated alkanes) is 7. The van der Waals surface area contributed by atoms with Crippen LogP contribution in [-0.2, 0) is 4.79 Å². The summed E-state index contributed by atoms with van der Waals surface area (Å²) in [5.74, 6) is 0.661. The van der Waals surface area contributed by atoms with Crippen molar-refractivity contribution in [3.63, 3.8) is 0 Å². The molecule has 0 aromatic carbocycles. The van der Waals surface area contributed by atoms with Crippen LogP contribution >= 0.6 is 0 Å². The highest BCUT2D eigenvalue weighted by Crippen LogP contribution is 2.09. The third-order valence-corrected chi connectivity index (χ3v) is 3.48. The standard InChI is InChI=1S/C17H28N2O2/c1-3-4-5-6-7-8-9-10-13-17(20)19-18-15(2)16-12-11-14-21-16/h11-12,14H,3-10,13H2,1-2H3,(H,19,20)/b18-15+. The summed E-state index contributed by atoms with van der Waals surface area (Å²) in [6.45, 7) is 4.05. The van der Waals surface area contributed by atoms with E-state index in [1.54, 1.807) is 12.3 Å². The summed E-state index contributed by atoms with van der Waals surface area (Å²) < 4.78 is 5.20. The van der Waals surface area contributed by atoms with Crippen LogP contribution in [0.2, 0.25) is 0 Å². The number of nitrogens with zero attached hydrogens (tertiary/aromatic N) is 1. The molecular formula is C17H28N2O2. The third kappa shape index (κ3) is 8.33. The summed E-state index contributed by atoms with van der Waals surface area (Å²) in [5, 5.41) is 4.04. The van der Waals surface area contributed by atoms with Crippen LogP contribution in [-0.4, -0.2) is 11.6 Å². The Kier molecular flexibility index (Phi) is 9.25. The second kappa shape index (κ2) is 11.1. The summed E-state index contributed by atoms with van der Waals surface area (Å²) in [6.07, 6.45) is 12.0. The predicted molar refractivity (Wildman–Crippen MR) is 86.3 cm³/mol. The maximum absolute atomic E-state index is 11.6. The minimum Gasteiger partial charge on any atom is -0.463 e. The molecule has 0 atom stereocenters. The van der Waals surface area contributed by atoms with Gasteiger partial charge < -0.3 is 4.42 Å². The van der Waals surface area contributed by atoms with Gasteiger partial charge in [0.25, 0.3) is 0 Å². The van der Waals surface area contributed by atoms with Gasteiger partial charge in [-0.2, -0.15) is 5.10 Å². The van der Waals surface area contributed by atoms with E-state index in [1.807, 2.05) is 13.0 Å². The number of amides is 1. The highest BCUT2D eigenvalue weighted by molar-refractivity contribution is 5.96. The topological polar surface area (TPSA) is 54.6 Å². The Bertz CT molecular complexity index is 410. The van der Waals surface area contributed by atoms with Crippen LogP contribution in [0.4, 0.5) is 0 Å². The molecular weight excluding hydrogens is 264 g/mol. The molecule has 1 aromatic rings. The van der Waals surface area contributed by atoms with Gasteiger partial charge in [0.1, 0.15) is 11.5 Å². The quantitative estimate of drug-likeness (QED) is 0.366. The summed E-state index contributed by atoms with van der Waals surface area (Å²) in [4.78, 5) is 11.6. The number of hydrazone groups is 1. The molecule has 4 nitrogen and oxygen atoms in total. The molecule has 0 bridgehead atoms. The van der Waals surface area contributed by atoms with E-state index in [4.69, 9.17) is 4.42 Å². The van der Waals surface area contributed by atoms with Gasteiger partial charge in [-0.05, 0) is 25.5 Å². The molecule has 0 aliphatic rings. The Labute approximate surface area is 128 Å². The van der Waals surface area contributed by atoms with E-state index in [9.17, 15) is 4.79 Å². The Morgan fingerprint density at radius 2 is 1.81 bits per heavy atom. The minimum atomic E-state index is -0.0214. The molecule has 0 saturated carbocycles. The van der Waals surface area contributed by atoms with E-state index < -0.39 is 0 Å². The number of carbonyl (C=O) groups is 1. The molecule has 1 N–H and O–H groups in total. The maximum Gasteiger partial charge on any atom is 0.240 e. The molecule has 0 spiro atoms. The first-order valence-corrected chi connectivity index (χ1v) is 8.11. The molecule has 0 fully saturated rings. The van der Waals surface area contributed by atoms with Crippen molar-refractivity contribution in [1.82, 2.24) is 5.43 Å². The lowest BCUT2D eigenvalue weighted by molar-refractivity contribution is -0.121. The zero-order valence-electron chi connectivity index (χ0n) is 13.4. The largest absolute Gasteiger partial charge is 0.463 e. The fourth-order valence-corrected chi connectivity index (χ4v) is 2.16. The van der Waals surface area contributed by atoms with Crippen molar-refractivity contribution >= 4 is 11.6 Å². The zero-order valence-corrected chi connectivity index (χ0v) is 13.4. The molecule has 0 aliphatic carbocycles. The lowest BCUT2D eigenvalue weighted by Crippen LogP contribution is -2.18. The van der Waals surface area contributed by atoms with Crippen LogP contribution in [0, 0.1) is 0 Å². The molecule has 0 unspecified atom stereocenters. The summed E-state index contributed by atoms with van der Waals surface area (Å²) in [5.41, 5.74) is 3.26. The molecule has 0 saturated heterocycles. The van der Waals surface area contributed by atoms with Crippen LogP contribution in [0.1, 0.15) is 77.4 Å². The smallest absolute Gasteiger partial charge is 0.240 e. The van der Waals surface area contributed by atoms with Crippen molar-refractivity contribution in [2.45, 2.75) is 71.6 Å². The monoisotopic (exact) mass is 292 g/mol. The van der Waals surface area contributed by atoms with Crippen molar-refractivity contribution in [2.24, 2.45) is 5.10 Å². The molecule has 1 aromatic heterocycles. The van der Waals surface area contributed by atoms with Crippen molar-refractivity contribution in [3.05, 3.63) is 24.2 Å². The van der Waals surface area contributed by atoms with Crippen LogP contribution in [0.15, 0.2) is 27.9 Å². The molecule has 21 heavy (non-hydrogen) atoms. The van der Waals surface area contributed by atoms with Gasteiger partial charge >= 0.3 is 0 Å². The van der Waals surface area contributed by atoms with E-state index in [0.717, 1.165) is 12.8 Å². The van der Waals surface area contributed by atoms with Gasteiger partial charge in [-0.1, -0.05) is 51.9 Å². The highest BCUT2D eigenvalue weighted by Gasteiger charge is 2.02. The van der Waals surface area contributed by atoms with Crippen molar-refractivity contribution < 1.29 is 9.21 Å². The summed E-state index contributed by atoms with van der Waals surface area (Å²) >= 11 is 0. The van der Waals surface area contributed by atoms with Crippen molar-refractivity contribution in [1.29, 1.82) is 0 Å². The predicted octanol–water partition coefficient (Wildman–Crippen LogP) is 4.65. The van der Waals surface area contributed by atoms with Gasteiger partial charge in [-0.15, -0.1) is 0 Å². The van der Waals surface area contributed by atoms with E-state index in [1.165, 1.54) is 38.5 Å². The van der Waals surface area contributed by atoms with Crippen LogP contribution < -0.4 is 5.43 Å². The second-order valence-electron chi connectivity index (χ2n) is 5.43. The van der Waals surface area contributed by atoms with Crippen molar-refractivity contribution in [2.75, 3.05) is 0 Å². The van der Waals surface area contributed by atoms with Gasteiger partial charge in [0.05, 0.1) is 6.26 Å². The molecule has 1 rings (SSSR count). The molecule has 118 valence electrons. The molecule has 1 amide bonds. The number of hydrogen-bond donors (Lipinski definition) is 1. The first kappa shape index (κ1) is 17.5. The van der Waals surface area contributed by atoms with E-state index in [0.29, 0.717) is 17.9 Å². The lowest BCUT2D eigenvalue weighted by atomic mass is 10.1. The highest BCUT2D eigenvalue weighted by atomic mass is 16.3. The van der Waals surface area contributed by atoms with Crippen LogP contribution in [0.5, 0.6) is 0 Å². The van der Waals surface area contributed by atoms with Crippen molar-refractivity contribution in [3.8, 4) is 0 Å². The Morgan fingerprint density at radius 3 is 2.43 bits per heavy atom. The maximum atomic E-state index is 11.6.